The zero-order chi connectivity index (χ0) is 25.7. The van der Waals surface area contributed by atoms with Crippen LogP contribution in [0.15, 0.2) is 54.8 Å². The molecule has 7 heteroatoms. The Balaban J connectivity index is 1.50. The fraction of sp³-hybridized carbons (Fsp3) is 0.483. The van der Waals surface area contributed by atoms with Crippen LogP contribution in [0.25, 0.3) is 10.9 Å². The molecule has 2 bridgehead atoms. The number of nitrogens with zero attached hydrogens (tertiary/aromatic N) is 2. The first kappa shape index (κ1) is 25.9. The highest BCUT2D eigenvalue weighted by Crippen LogP contribution is 2.43. The van der Waals surface area contributed by atoms with Crippen LogP contribution in [0.5, 0.6) is 5.75 Å². The molecule has 3 fully saturated rings. The minimum absolute atomic E-state index is 0.0932. The molecule has 0 saturated carbocycles. The van der Waals surface area contributed by atoms with Gasteiger partial charge in [0.2, 0.25) is 0 Å². The van der Waals surface area contributed by atoms with Crippen molar-refractivity contribution < 1.29 is 23.8 Å². The molecule has 36 heavy (non-hydrogen) atoms. The first-order valence-corrected chi connectivity index (χ1v) is 12.7. The summed E-state index contributed by atoms with van der Waals surface area (Å²) in [6.45, 7) is 7.78. The van der Waals surface area contributed by atoms with Crippen LogP contribution >= 0.6 is 0 Å². The Labute approximate surface area is 213 Å². The Bertz CT molecular complexity index is 1140. The van der Waals surface area contributed by atoms with Crippen LogP contribution in [0, 0.1) is 17.8 Å². The SMILES string of the molecule is COc1ccc2nccc([C@H](OC(C)=O)[C@H]3C[C@@H]4CCN3C[C@@H]4/C=C\C=C\C(=O)OCC(C)C)c2c1. The lowest BCUT2D eigenvalue weighted by Gasteiger charge is -2.51. The smallest absolute Gasteiger partial charge is 0.330 e. The van der Waals surface area contributed by atoms with Crippen molar-refractivity contribution in [3.63, 3.8) is 0 Å². The molecule has 4 heterocycles. The number of piperidine rings is 3. The molecule has 0 N–H and O–H groups in total. The van der Waals surface area contributed by atoms with Gasteiger partial charge in [-0.3, -0.25) is 14.7 Å². The van der Waals surface area contributed by atoms with Gasteiger partial charge in [0.05, 0.1) is 25.3 Å². The molecule has 7 nitrogen and oxygen atoms in total. The number of allylic oxidation sites excluding steroid dienone is 2. The van der Waals surface area contributed by atoms with Crippen molar-refractivity contribution >= 4 is 22.8 Å². The van der Waals surface area contributed by atoms with Gasteiger partial charge in [0, 0.05) is 36.7 Å². The fourth-order valence-electron chi connectivity index (χ4n) is 5.33. The van der Waals surface area contributed by atoms with E-state index in [9.17, 15) is 9.59 Å². The number of carbonyl (C=O) groups is 2. The number of rotatable bonds is 9. The highest BCUT2D eigenvalue weighted by Gasteiger charge is 2.44. The second-order valence-corrected chi connectivity index (χ2v) is 10.1. The molecule has 1 unspecified atom stereocenters. The van der Waals surface area contributed by atoms with Gasteiger partial charge in [0.25, 0.3) is 0 Å². The second kappa shape index (κ2) is 11.7. The third kappa shape index (κ3) is 6.13. The Hall–Kier alpha value is -3.19. The first-order valence-electron chi connectivity index (χ1n) is 12.7. The van der Waals surface area contributed by atoms with Gasteiger partial charge >= 0.3 is 11.9 Å². The number of fused-ring (bicyclic) bond motifs is 4. The van der Waals surface area contributed by atoms with E-state index in [1.54, 1.807) is 19.4 Å². The Morgan fingerprint density at radius 2 is 2.06 bits per heavy atom. The van der Waals surface area contributed by atoms with Gasteiger partial charge in [-0.25, -0.2) is 4.79 Å². The normalized spacial score (nSPS) is 24.5. The summed E-state index contributed by atoms with van der Waals surface area (Å²) < 4.78 is 16.6. The van der Waals surface area contributed by atoms with E-state index in [1.807, 2.05) is 44.2 Å². The lowest BCUT2D eigenvalue weighted by Crippen LogP contribution is -2.55. The molecule has 1 aromatic carbocycles. The fourth-order valence-corrected chi connectivity index (χ4v) is 5.33. The van der Waals surface area contributed by atoms with Crippen LogP contribution in [-0.4, -0.2) is 54.7 Å². The molecule has 2 aromatic rings. The summed E-state index contributed by atoms with van der Waals surface area (Å²) in [6, 6.07) is 7.84. The number of aromatic nitrogens is 1. The van der Waals surface area contributed by atoms with Crippen molar-refractivity contribution in [3.8, 4) is 5.75 Å². The zero-order valence-electron chi connectivity index (χ0n) is 21.6. The summed E-state index contributed by atoms with van der Waals surface area (Å²) in [6.07, 6.45) is 10.8. The minimum Gasteiger partial charge on any atom is -0.497 e. The second-order valence-electron chi connectivity index (χ2n) is 10.1. The quantitative estimate of drug-likeness (QED) is 0.281. The van der Waals surface area contributed by atoms with E-state index in [0.29, 0.717) is 24.4 Å². The van der Waals surface area contributed by atoms with Crippen LogP contribution in [0.1, 0.15) is 45.3 Å². The lowest BCUT2D eigenvalue weighted by atomic mass is 9.73. The molecule has 0 spiro atoms. The average molecular weight is 493 g/mol. The number of hydrogen-bond acceptors (Lipinski definition) is 7. The number of methoxy groups -OCH3 is 1. The van der Waals surface area contributed by atoms with Crippen molar-refractivity contribution in [1.29, 1.82) is 0 Å². The third-order valence-corrected chi connectivity index (χ3v) is 7.04. The largest absolute Gasteiger partial charge is 0.497 e. The van der Waals surface area contributed by atoms with Crippen LogP contribution in [-0.2, 0) is 19.1 Å². The molecule has 0 aliphatic carbocycles. The van der Waals surface area contributed by atoms with Gasteiger partial charge < -0.3 is 14.2 Å². The van der Waals surface area contributed by atoms with Crippen molar-refractivity contribution in [1.82, 2.24) is 9.88 Å². The predicted octanol–water partition coefficient (Wildman–Crippen LogP) is 4.87. The Morgan fingerprint density at radius 3 is 2.75 bits per heavy atom. The average Bonchev–Trinajstić information content (AvgIpc) is 2.88. The summed E-state index contributed by atoms with van der Waals surface area (Å²) in [7, 11) is 1.64. The van der Waals surface area contributed by atoms with Gasteiger partial charge in [0.15, 0.2) is 0 Å². The topological polar surface area (TPSA) is 78.0 Å². The van der Waals surface area contributed by atoms with Crippen molar-refractivity contribution in [2.45, 2.75) is 45.8 Å². The third-order valence-electron chi connectivity index (χ3n) is 7.04. The molecule has 192 valence electrons. The molecule has 3 aliphatic rings. The van der Waals surface area contributed by atoms with Crippen molar-refractivity contribution in [2.75, 3.05) is 26.8 Å². The molecule has 1 aromatic heterocycles. The maximum Gasteiger partial charge on any atom is 0.330 e. The van der Waals surface area contributed by atoms with E-state index in [2.05, 4.69) is 16.0 Å². The molecule has 3 aliphatic heterocycles. The van der Waals surface area contributed by atoms with E-state index < -0.39 is 0 Å². The number of carbonyl (C=O) groups excluding carboxylic acids is 2. The number of ether oxygens (including phenoxy) is 3. The van der Waals surface area contributed by atoms with E-state index in [0.717, 1.165) is 48.1 Å². The molecular weight excluding hydrogens is 456 g/mol. The van der Waals surface area contributed by atoms with E-state index in [-0.39, 0.29) is 24.1 Å². The number of pyridine rings is 1. The van der Waals surface area contributed by atoms with E-state index in [4.69, 9.17) is 14.2 Å². The molecule has 0 amide bonds. The monoisotopic (exact) mass is 492 g/mol. The van der Waals surface area contributed by atoms with Crippen molar-refractivity contribution in [2.24, 2.45) is 17.8 Å². The Kier molecular flexibility index (Phi) is 8.41. The maximum atomic E-state index is 12.2. The number of benzene rings is 1. The summed E-state index contributed by atoms with van der Waals surface area (Å²) in [4.78, 5) is 30.9. The van der Waals surface area contributed by atoms with Crippen LogP contribution < -0.4 is 4.74 Å². The van der Waals surface area contributed by atoms with Gasteiger partial charge in [-0.2, -0.15) is 0 Å². The van der Waals surface area contributed by atoms with E-state index in [1.165, 1.54) is 13.0 Å². The first-order chi connectivity index (χ1) is 17.4. The highest BCUT2D eigenvalue weighted by molar-refractivity contribution is 5.84. The van der Waals surface area contributed by atoms with Gasteiger partial charge in [-0.05, 0) is 61.4 Å². The molecule has 5 rings (SSSR count). The molecular formula is C29H36N2O5. The zero-order valence-corrected chi connectivity index (χ0v) is 21.6. The highest BCUT2D eigenvalue weighted by atomic mass is 16.5. The summed E-state index contributed by atoms with van der Waals surface area (Å²) in [5, 5.41) is 0.941. The number of esters is 2. The maximum absolute atomic E-state index is 12.2. The van der Waals surface area contributed by atoms with Gasteiger partial charge in [-0.15, -0.1) is 0 Å². The Morgan fingerprint density at radius 1 is 1.22 bits per heavy atom. The molecule has 0 radical (unpaired) electrons. The predicted molar refractivity (Wildman–Crippen MR) is 138 cm³/mol. The van der Waals surface area contributed by atoms with Crippen LogP contribution in [0.2, 0.25) is 0 Å². The summed E-state index contributed by atoms with van der Waals surface area (Å²) in [5.74, 6) is 1.34. The van der Waals surface area contributed by atoms with Crippen LogP contribution in [0.4, 0.5) is 0 Å². The standard InChI is InChI=1S/C29H36N2O5/c1-19(2)18-35-28(33)8-6-5-7-22-17-31-14-12-21(22)15-27(31)29(36-20(3)32)24-11-13-30-26-10-9-23(34-4)16-25(24)26/h5-11,13,16,19,21-22,27,29H,12,14-15,17-18H2,1-4H3/b7-5-,8-6+/t21-,22-,27+,29-/m0/s1. The van der Waals surface area contributed by atoms with Gasteiger partial charge in [-0.1, -0.05) is 32.1 Å². The number of hydrogen-bond donors (Lipinski definition) is 0. The lowest BCUT2D eigenvalue weighted by molar-refractivity contribution is -0.154. The summed E-state index contributed by atoms with van der Waals surface area (Å²) >= 11 is 0. The van der Waals surface area contributed by atoms with Crippen LogP contribution in [0.3, 0.4) is 0 Å². The van der Waals surface area contributed by atoms with E-state index >= 15 is 0 Å². The molecule has 5 atom stereocenters. The minimum atomic E-state index is -0.386. The van der Waals surface area contributed by atoms with Gasteiger partial charge in [0.1, 0.15) is 11.9 Å². The van der Waals surface area contributed by atoms with Crippen molar-refractivity contribution in [3.05, 3.63) is 60.3 Å². The summed E-state index contributed by atoms with van der Waals surface area (Å²) in [5.41, 5.74) is 1.81. The molecule has 3 saturated heterocycles.